The average Bonchev–Trinajstić information content (AvgIpc) is 3.03. The number of carbonyl (C=O) groups excluding carboxylic acids is 1. The van der Waals surface area contributed by atoms with E-state index in [0.29, 0.717) is 28.0 Å². The van der Waals surface area contributed by atoms with Gasteiger partial charge in [-0.05, 0) is 19.2 Å². The van der Waals surface area contributed by atoms with Crippen LogP contribution in [0.1, 0.15) is 31.1 Å². The second-order valence-corrected chi connectivity index (χ2v) is 8.86. The second-order valence-electron chi connectivity index (χ2n) is 6.97. The van der Waals surface area contributed by atoms with E-state index in [1.165, 1.54) is 19.2 Å². The Hall–Kier alpha value is -2.58. The molecule has 0 amide bonds. The highest BCUT2D eigenvalue weighted by atomic mass is 32.2. The van der Waals surface area contributed by atoms with Crippen LogP contribution in [-0.2, 0) is 10.0 Å². The Morgan fingerprint density at radius 1 is 1.23 bits per heavy atom. The Morgan fingerprint density at radius 3 is 2.62 bits per heavy atom. The summed E-state index contributed by atoms with van der Waals surface area (Å²) in [5.41, 5.74) is 2.01. The van der Waals surface area contributed by atoms with Crippen molar-refractivity contribution in [1.82, 2.24) is 19.7 Å². The van der Waals surface area contributed by atoms with Gasteiger partial charge in [0.25, 0.3) is 0 Å². The predicted molar refractivity (Wildman–Crippen MR) is 99.4 cm³/mol. The van der Waals surface area contributed by atoms with Gasteiger partial charge in [-0.1, -0.05) is 32.9 Å². The molecule has 3 rings (SSSR count). The molecule has 26 heavy (non-hydrogen) atoms. The van der Waals surface area contributed by atoms with Crippen molar-refractivity contribution in [1.29, 1.82) is 0 Å². The van der Waals surface area contributed by atoms with Gasteiger partial charge in [-0.2, -0.15) is 0 Å². The number of H-pyrrole nitrogens is 1. The summed E-state index contributed by atoms with van der Waals surface area (Å²) in [5, 5.41) is 0. The molecule has 0 unspecified atom stereocenters. The highest BCUT2D eigenvalue weighted by Crippen LogP contribution is 2.27. The third kappa shape index (κ3) is 3.25. The van der Waals surface area contributed by atoms with E-state index in [4.69, 9.17) is 0 Å². The minimum Gasteiger partial charge on any atom is -0.344 e. The molecular weight excluding hydrogens is 352 g/mol. The van der Waals surface area contributed by atoms with Crippen LogP contribution in [0.25, 0.3) is 22.4 Å². The monoisotopic (exact) mass is 372 g/mol. The van der Waals surface area contributed by atoms with E-state index in [9.17, 15) is 13.2 Å². The normalized spacial score (nSPS) is 12.5. The van der Waals surface area contributed by atoms with Crippen molar-refractivity contribution < 1.29 is 13.2 Å². The SMILES string of the molecule is CNS(=O)(=O)c1cccc(-c2cnc3[nH]cc(C(=O)C(C)(C)C)c3n2)c1. The first kappa shape index (κ1) is 18.2. The maximum Gasteiger partial charge on any atom is 0.240 e. The molecule has 0 bridgehead atoms. The van der Waals surface area contributed by atoms with Crippen molar-refractivity contribution in [3.8, 4) is 11.3 Å². The summed E-state index contributed by atoms with van der Waals surface area (Å²) in [6.07, 6.45) is 3.17. The van der Waals surface area contributed by atoms with Gasteiger partial charge in [-0.3, -0.25) is 4.79 Å². The third-order valence-corrected chi connectivity index (χ3v) is 5.43. The van der Waals surface area contributed by atoms with Crippen molar-refractivity contribution >= 4 is 27.0 Å². The van der Waals surface area contributed by atoms with Gasteiger partial charge >= 0.3 is 0 Å². The Morgan fingerprint density at radius 2 is 1.96 bits per heavy atom. The number of hydrogen-bond acceptors (Lipinski definition) is 5. The standard InChI is InChI=1S/C18H20N4O3S/c1-18(2,3)16(23)13-9-20-17-15(13)22-14(10-21-17)11-6-5-7-12(8-11)26(24,25)19-4/h5-10,19H,1-4H3,(H,20,21). The summed E-state index contributed by atoms with van der Waals surface area (Å²) >= 11 is 0. The van der Waals surface area contributed by atoms with Crippen LogP contribution in [0.3, 0.4) is 0 Å². The van der Waals surface area contributed by atoms with Crippen molar-refractivity contribution in [2.75, 3.05) is 7.05 Å². The van der Waals surface area contributed by atoms with Gasteiger partial charge in [0.05, 0.1) is 22.3 Å². The lowest BCUT2D eigenvalue weighted by Crippen LogP contribution is -2.20. The van der Waals surface area contributed by atoms with Crippen molar-refractivity contribution in [2.24, 2.45) is 5.41 Å². The van der Waals surface area contributed by atoms with E-state index in [1.807, 2.05) is 20.8 Å². The molecule has 1 aromatic carbocycles. The van der Waals surface area contributed by atoms with Crippen LogP contribution in [-0.4, -0.2) is 36.2 Å². The Bertz CT molecular complexity index is 1100. The summed E-state index contributed by atoms with van der Waals surface area (Å²) in [7, 11) is -2.20. The quantitative estimate of drug-likeness (QED) is 0.685. The van der Waals surface area contributed by atoms with E-state index >= 15 is 0 Å². The molecule has 0 fully saturated rings. The highest BCUT2D eigenvalue weighted by molar-refractivity contribution is 7.89. The molecular formula is C18H20N4O3S. The van der Waals surface area contributed by atoms with Crippen molar-refractivity contribution in [2.45, 2.75) is 25.7 Å². The Labute approximate surface area is 151 Å². The number of ketones is 1. The van der Waals surface area contributed by atoms with Gasteiger partial charge in [-0.25, -0.2) is 23.1 Å². The van der Waals surface area contributed by atoms with Crippen LogP contribution in [0.4, 0.5) is 0 Å². The minimum atomic E-state index is -3.56. The lowest BCUT2D eigenvalue weighted by molar-refractivity contribution is 0.0860. The van der Waals surface area contributed by atoms with Gasteiger partial charge in [0.15, 0.2) is 11.4 Å². The first-order valence-corrected chi connectivity index (χ1v) is 9.55. The van der Waals surface area contributed by atoms with Gasteiger partial charge in [-0.15, -0.1) is 0 Å². The third-order valence-electron chi connectivity index (χ3n) is 4.02. The molecule has 2 N–H and O–H groups in total. The van der Waals surface area contributed by atoms with E-state index in [2.05, 4.69) is 19.7 Å². The van der Waals surface area contributed by atoms with E-state index in [1.54, 1.807) is 24.5 Å². The van der Waals surface area contributed by atoms with E-state index in [0.717, 1.165) is 0 Å². The summed E-state index contributed by atoms with van der Waals surface area (Å²) in [6, 6.07) is 6.43. The number of benzene rings is 1. The topological polar surface area (TPSA) is 105 Å². The number of hydrogen-bond donors (Lipinski definition) is 2. The number of fused-ring (bicyclic) bond motifs is 1. The molecule has 3 aromatic rings. The molecule has 8 heteroatoms. The van der Waals surface area contributed by atoms with Crippen LogP contribution in [0.5, 0.6) is 0 Å². The van der Waals surface area contributed by atoms with Crippen LogP contribution in [0, 0.1) is 5.41 Å². The van der Waals surface area contributed by atoms with Crippen LogP contribution >= 0.6 is 0 Å². The zero-order valence-corrected chi connectivity index (χ0v) is 15.8. The molecule has 0 spiro atoms. The summed E-state index contributed by atoms with van der Waals surface area (Å²) in [5.74, 6) is -0.0401. The number of sulfonamides is 1. The molecule has 0 aliphatic rings. The van der Waals surface area contributed by atoms with Crippen molar-refractivity contribution in [3.05, 3.63) is 42.2 Å². The molecule has 2 heterocycles. The second kappa shape index (κ2) is 6.30. The van der Waals surface area contributed by atoms with Crippen LogP contribution < -0.4 is 4.72 Å². The predicted octanol–water partition coefficient (Wildman–Crippen LogP) is 2.76. The fourth-order valence-corrected chi connectivity index (χ4v) is 3.32. The Balaban J connectivity index is 2.13. The number of nitrogens with zero attached hydrogens (tertiary/aromatic N) is 2. The zero-order valence-electron chi connectivity index (χ0n) is 15.0. The average molecular weight is 372 g/mol. The molecule has 7 nitrogen and oxygen atoms in total. The number of Topliss-reactive ketones (excluding diaryl/α,β-unsaturated/α-hetero) is 1. The van der Waals surface area contributed by atoms with Crippen LogP contribution in [0.15, 0.2) is 41.6 Å². The highest BCUT2D eigenvalue weighted by Gasteiger charge is 2.26. The molecule has 0 radical (unpaired) electrons. The first-order chi connectivity index (χ1) is 12.1. The summed E-state index contributed by atoms with van der Waals surface area (Å²) < 4.78 is 26.3. The van der Waals surface area contributed by atoms with Gasteiger partial charge in [0.1, 0.15) is 5.52 Å². The number of carbonyl (C=O) groups is 1. The molecule has 0 atom stereocenters. The van der Waals surface area contributed by atoms with E-state index in [-0.39, 0.29) is 10.7 Å². The van der Waals surface area contributed by atoms with Gasteiger partial charge in [0, 0.05) is 17.2 Å². The minimum absolute atomic E-state index is 0.0401. The fourth-order valence-electron chi connectivity index (χ4n) is 2.55. The van der Waals surface area contributed by atoms with Crippen LogP contribution in [0.2, 0.25) is 0 Å². The molecule has 0 saturated heterocycles. The summed E-state index contributed by atoms with van der Waals surface area (Å²) in [4.78, 5) is 24.6. The van der Waals surface area contributed by atoms with Crippen molar-refractivity contribution in [3.63, 3.8) is 0 Å². The molecule has 2 aromatic heterocycles. The van der Waals surface area contributed by atoms with Gasteiger partial charge in [0.2, 0.25) is 10.0 Å². The molecule has 0 aliphatic carbocycles. The summed E-state index contributed by atoms with van der Waals surface area (Å²) in [6.45, 7) is 5.53. The molecule has 0 aliphatic heterocycles. The lowest BCUT2D eigenvalue weighted by Gasteiger charge is -2.15. The zero-order chi connectivity index (χ0) is 19.1. The molecule has 136 valence electrons. The number of aromatic nitrogens is 3. The van der Waals surface area contributed by atoms with Gasteiger partial charge < -0.3 is 4.98 Å². The maximum atomic E-state index is 12.6. The van der Waals surface area contributed by atoms with E-state index < -0.39 is 15.4 Å². The fraction of sp³-hybridized carbons (Fsp3) is 0.278. The maximum absolute atomic E-state index is 12.6. The first-order valence-electron chi connectivity index (χ1n) is 8.06. The Kier molecular flexibility index (Phi) is 4.41. The largest absolute Gasteiger partial charge is 0.344 e. The number of rotatable bonds is 4. The number of aromatic amines is 1. The lowest BCUT2D eigenvalue weighted by atomic mass is 9.87. The number of nitrogens with one attached hydrogen (secondary N) is 2. The smallest absolute Gasteiger partial charge is 0.240 e. The molecule has 0 saturated carbocycles.